The fraction of sp³-hybridized carbons (Fsp3) is 0.167. The van der Waals surface area contributed by atoms with Gasteiger partial charge in [0.05, 0.1) is 22.8 Å². The second kappa shape index (κ2) is 7.89. The lowest BCUT2D eigenvalue weighted by Crippen LogP contribution is -2.07. The van der Waals surface area contributed by atoms with Crippen LogP contribution in [-0.2, 0) is 17.5 Å². The number of amides is 1. The number of benzene rings is 2. The standard InChI is InChI=1S/C18H14ClF3N4O2/c1-10(27)24-13-5-6-14(19)15(8-13)23-9-16-25-17(26-28-16)11-3-2-4-12(7-11)18(20,21)22/h2-8,23H,9H2,1H3,(H,24,27). The topological polar surface area (TPSA) is 80.0 Å². The molecule has 0 spiro atoms. The number of hydrogen-bond donors (Lipinski definition) is 2. The summed E-state index contributed by atoms with van der Waals surface area (Å²) in [7, 11) is 0. The molecule has 0 aliphatic rings. The Balaban J connectivity index is 1.73. The number of anilines is 2. The monoisotopic (exact) mass is 410 g/mol. The van der Waals surface area contributed by atoms with Gasteiger partial charge in [-0.15, -0.1) is 0 Å². The molecule has 2 aromatic carbocycles. The van der Waals surface area contributed by atoms with Crippen molar-refractivity contribution < 1.29 is 22.5 Å². The Kier molecular flexibility index (Phi) is 5.55. The van der Waals surface area contributed by atoms with Gasteiger partial charge in [0.1, 0.15) is 0 Å². The zero-order chi connectivity index (χ0) is 20.3. The molecule has 0 fully saturated rings. The second-order valence-corrected chi connectivity index (χ2v) is 6.23. The third-order valence-electron chi connectivity index (χ3n) is 3.63. The molecule has 3 rings (SSSR count). The molecule has 0 radical (unpaired) electrons. The predicted molar refractivity (Wildman–Crippen MR) is 97.8 cm³/mol. The van der Waals surface area contributed by atoms with E-state index in [2.05, 4.69) is 20.8 Å². The summed E-state index contributed by atoms with van der Waals surface area (Å²) in [4.78, 5) is 15.2. The van der Waals surface area contributed by atoms with E-state index < -0.39 is 11.7 Å². The van der Waals surface area contributed by atoms with Crippen LogP contribution in [0.4, 0.5) is 24.5 Å². The first-order valence-corrected chi connectivity index (χ1v) is 8.41. The Morgan fingerprint density at radius 2 is 2.00 bits per heavy atom. The van der Waals surface area contributed by atoms with E-state index in [4.69, 9.17) is 16.1 Å². The summed E-state index contributed by atoms with van der Waals surface area (Å²) < 4.78 is 43.6. The number of aromatic nitrogens is 2. The van der Waals surface area contributed by atoms with E-state index in [0.717, 1.165) is 12.1 Å². The first-order chi connectivity index (χ1) is 13.2. The van der Waals surface area contributed by atoms with E-state index in [1.165, 1.54) is 19.1 Å². The molecule has 3 aromatic rings. The van der Waals surface area contributed by atoms with Gasteiger partial charge >= 0.3 is 6.18 Å². The summed E-state index contributed by atoms with van der Waals surface area (Å²) >= 11 is 6.11. The van der Waals surface area contributed by atoms with E-state index in [9.17, 15) is 18.0 Å². The summed E-state index contributed by atoms with van der Waals surface area (Å²) in [5, 5.41) is 9.74. The van der Waals surface area contributed by atoms with Gasteiger partial charge in [0.25, 0.3) is 0 Å². The smallest absolute Gasteiger partial charge is 0.375 e. The molecule has 6 nitrogen and oxygen atoms in total. The highest BCUT2D eigenvalue weighted by atomic mass is 35.5. The Morgan fingerprint density at radius 1 is 1.21 bits per heavy atom. The minimum atomic E-state index is -4.46. The van der Waals surface area contributed by atoms with Gasteiger partial charge in [-0.25, -0.2) is 0 Å². The summed E-state index contributed by atoms with van der Waals surface area (Å²) in [6.07, 6.45) is -4.46. The van der Waals surface area contributed by atoms with Gasteiger partial charge in [0, 0.05) is 18.2 Å². The molecule has 1 heterocycles. The van der Waals surface area contributed by atoms with Crippen LogP contribution in [-0.4, -0.2) is 16.0 Å². The lowest BCUT2D eigenvalue weighted by atomic mass is 10.1. The summed E-state index contributed by atoms with van der Waals surface area (Å²) in [6.45, 7) is 1.48. The Labute approximate surface area is 162 Å². The molecule has 0 saturated carbocycles. The maximum Gasteiger partial charge on any atom is 0.416 e. The number of rotatable bonds is 5. The molecule has 1 amide bonds. The van der Waals surface area contributed by atoms with E-state index >= 15 is 0 Å². The zero-order valence-electron chi connectivity index (χ0n) is 14.5. The Hall–Kier alpha value is -3.07. The van der Waals surface area contributed by atoms with Crippen LogP contribution in [0.2, 0.25) is 5.02 Å². The van der Waals surface area contributed by atoms with Crippen LogP contribution in [0, 0.1) is 0 Å². The fourth-order valence-electron chi connectivity index (χ4n) is 2.39. The number of hydrogen-bond acceptors (Lipinski definition) is 5. The van der Waals surface area contributed by atoms with Crippen molar-refractivity contribution in [3.05, 3.63) is 58.9 Å². The third-order valence-corrected chi connectivity index (χ3v) is 3.96. The van der Waals surface area contributed by atoms with Crippen molar-refractivity contribution in [2.75, 3.05) is 10.6 Å². The molecule has 28 heavy (non-hydrogen) atoms. The first kappa shape index (κ1) is 19.7. The maximum absolute atomic E-state index is 12.8. The summed E-state index contributed by atoms with van der Waals surface area (Å²) in [5.41, 5.74) is 0.466. The molecule has 146 valence electrons. The predicted octanol–water partition coefficient (Wildman–Crippen LogP) is 4.98. The average Bonchev–Trinajstić information content (AvgIpc) is 3.10. The highest BCUT2D eigenvalue weighted by Crippen LogP contribution is 2.31. The molecule has 1 aromatic heterocycles. The molecule has 0 bridgehead atoms. The van der Waals surface area contributed by atoms with Gasteiger partial charge in [-0.2, -0.15) is 18.2 Å². The lowest BCUT2D eigenvalue weighted by Gasteiger charge is -2.09. The number of carbonyl (C=O) groups is 1. The third kappa shape index (κ3) is 4.80. The molecule has 0 aliphatic heterocycles. The molecule has 2 N–H and O–H groups in total. The Bertz CT molecular complexity index is 1000. The van der Waals surface area contributed by atoms with Crippen LogP contribution in [0.5, 0.6) is 0 Å². The number of nitrogens with one attached hydrogen (secondary N) is 2. The fourth-order valence-corrected chi connectivity index (χ4v) is 2.58. The van der Waals surface area contributed by atoms with Crippen molar-refractivity contribution in [3.8, 4) is 11.4 Å². The lowest BCUT2D eigenvalue weighted by molar-refractivity contribution is -0.137. The largest absolute Gasteiger partial charge is 0.416 e. The Morgan fingerprint density at radius 3 is 2.71 bits per heavy atom. The summed E-state index contributed by atoms with van der Waals surface area (Å²) in [6, 6.07) is 9.55. The zero-order valence-corrected chi connectivity index (χ0v) is 15.2. The molecule has 0 atom stereocenters. The number of carbonyl (C=O) groups excluding carboxylic acids is 1. The molecule has 0 aliphatic carbocycles. The highest BCUT2D eigenvalue weighted by molar-refractivity contribution is 6.33. The highest BCUT2D eigenvalue weighted by Gasteiger charge is 2.30. The minimum Gasteiger partial charge on any atom is -0.375 e. The van der Waals surface area contributed by atoms with Crippen molar-refractivity contribution in [3.63, 3.8) is 0 Å². The van der Waals surface area contributed by atoms with Gasteiger partial charge in [-0.05, 0) is 30.3 Å². The van der Waals surface area contributed by atoms with Crippen molar-refractivity contribution in [2.24, 2.45) is 0 Å². The first-order valence-electron chi connectivity index (χ1n) is 8.03. The molecular weight excluding hydrogens is 397 g/mol. The van der Waals surface area contributed by atoms with Crippen molar-refractivity contribution in [1.29, 1.82) is 0 Å². The number of halogens is 4. The van der Waals surface area contributed by atoms with Gasteiger partial charge in [-0.3, -0.25) is 4.79 Å². The van der Waals surface area contributed by atoms with Crippen LogP contribution in [0.3, 0.4) is 0 Å². The SMILES string of the molecule is CC(=O)Nc1ccc(Cl)c(NCc2nc(-c3cccc(C(F)(F)F)c3)no2)c1. The van der Waals surface area contributed by atoms with Gasteiger partial charge in [-0.1, -0.05) is 28.9 Å². The van der Waals surface area contributed by atoms with E-state index in [1.54, 1.807) is 18.2 Å². The van der Waals surface area contributed by atoms with E-state index in [1.807, 2.05) is 0 Å². The quantitative estimate of drug-likeness (QED) is 0.620. The van der Waals surface area contributed by atoms with Crippen LogP contribution >= 0.6 is 11.6 Å². The normalized spacial score (nSPS) is 11.3. The van der Waals surface area contributed by atoms with E-state index in [0.29, 0.717) is 16.4 Å². The van der Waals surface area contributed by atoms with Crippen molar-refractivity contribution in [1.82, 2.24) is 10.1 Å². The number of nitrogens with zero attached hydrogens (tertiary/aromatic N) is 2. The number of alkyl halides is 3. The van der Waals surface area contributed by atoms with Crippen molar-refractivity contribution >= 4 is 28.9 Å². The van der Waals surface area contributed by atoms with Gasteiger partial charge < -0.3 is 15.2 Å². The molecular formula is C18H14ClF3N4O2. The molecule has 0 saturated heterocycles. The van der Waals surface area contributed by atoms with Crippen LogP contribution in [0.15, 0.2) is 47.0 Å². The average molecular weight is 411 g/mol. The molecule has 10 heteroatoms. The van der Waals surface area contributed by atoms with E-state index in [-0.39, 0.29) is 29.7 Å². The van der Waals surface area contributed by atoms with Gasteiger partial charge in [0.2, 0.25) is 17.6 Å². The van der Waals surface area contributed by atoms with Gasteiger partial charge in [0.15, 0.2) is 0 Å². The summed E-state index contributed by atoms with van der Waals surface area (Å²) in [5.74, 6) is -0.0229. The van der Waals surface area contributed by atoms with Crippen LogP contribution < -0.4 is 10.6 Å². The van der Waals surface area contributed by atoms with Crippen molar-refractivity contribution in [2.45, 2.75) is 19.6 Å². The van der Waals surface area contributed by atoms with Crippen LogP contribution in [0.25, 0.3) is 11.4 Å². The van der Waals surface area contributed by atoms with Crippen LogP contribution in [0.1, 0.15) is 18.4 Å². The molecule has 0 unspecified atom stereocenters. The second-order valence-electron chi connectivity index (χ2n) is 5.82. The minimum absolute atomic E-state index is 0.0426. The maximum atomic E-state index is 12.8.